The number of nitrogens with one attached hydrogen (secondary N) is 3. The van der Waals surface area contributed by atoms with Crippen LogP contribution in [-0.4, -0.2) is 25.7 Å². The van der Waals surface area contributed by atoms with Crippen molar-refractivity contribution in [2.45, 2.75) is 6.54 Å². The lowest BCUT2D eigenvalue weighted by molar-refractivity contribution is -0.117. The smallest absolute Gasteiger partial charge is 0.387 e. The van der Waals surface area contributed by atoms with Crippen molar-refractivity contribution in [2.24, 2.45) is 0 Å². The quantitative estimate of drug-likeness (QED) is 0.509. The molecule has 0 spiro atoms. The first-order chi connectivity index (χ1) is 12.1. The van der Waals surface area contributed by atoms with Crippen molar-refractivity contribution in [3.05, 3.63) is 56.7 Å². The molecule has 0 radical (unpaired) electrons. The van der Waals surface area contributed by atoms with Gasteiger partial charge >= 0.3 is 11.4 Å². The third kappa shape index (κ3) is 3.02. The van der Waals surface area contributed by atoms with Gasteiger partial charge in [0.25, 0.3) is 5.89 Å². The molecule has 0 aliphatic rings. The van der Waals surface area contributed by atoms with Gasteiger partial charge in [0.05, 0.1) is 15.9 Å². The van der Waals surface area contributed by atoms with Gasteiger partial charge in [0.15, 0.2) is 0 Å². The molecule has 1 amide bonds. The second kappa shape index (κ2) is 5.91. The van der Waals surface area contributed by atoms with Crippen molar-refractivity contribution in [3.63, 3.8) is 0 Å². The van der Waals surface area contributed by atoms with Gasteiger partial charge in [0.1, 0.15) is 6.54 Å². The fourth-order valence-corrected chi connectivity index (χ4v) is 3.00. The van der Waals surface area contributed by atoms with Crippen LogP contribution in [-0.2, 0) is 11.3 Å². The zero-order chi connectivity index (χ0) is 17.4. The Bertz CT molecular complexity index is 1160. The van der Waals surface area contributed by atoms with E-state index in [0.29, 0.717) is 21.6 Å². The molecule has 10 heteroatoms. The van der Waals surface area contributed by atoms with Crippen LogP contribution in [0.1, 0.15) is 0 Å². The number of hydrogen-bond donors (Lipinski definition) is 3. The molecule has 3 aromatic heterocycles. The van der Waals surface area contributed by atoms with Crippen LogP contribution < -0.4 is 16.8 Å². The van der Waals surface area contributed by atoms with E-state index in [9.17, 15) is 14.4 Å². The molecule has 3 N–H and O–H groups in total. The van der Waals surface area contributed by atoms with Crippen LogP contribution >= 0.6 is 11.3 Å². The maximum atomic E-state index is 12.1. The summed E-state index contributed by atoms with van der Waals surface area (Å²) in [7, 11) is 0. The van der Waals surface area contributed by atoms with Gasteiger partial charge in [0, 0.05) is 5.69 Å². The Balaban J connectivity index is 1.51. The summed E-state index contributed by atoms with van der Waals surface area (Å²) in [6.45, 7) is -0.282. The summed E-state index contributed by atoms with van der Waals surface area (Å²) in [4.78, 5) is 41.1. The van der Waals surface area contributed by atoms with Crippen LogP contribution in [0.15, 0.2) is 49.7 Å². The number of thiophene rings is 1. The normalized spacial score (nSPS) is 11.0. The van der Waals surface area contributed by atoms with Crippen LogP contribution in [0.5, 0.6) is 0 Å². The monoisotopic (exact) mass is 357 g/mol. The van der Waals surface area contributed by atoms with Gasteiger partial charge in [-0.3, -0.25) is 4.79 Å². The van der Waals surface area contributed by atoms with Crippen molar-refractivity contribution < 1.29 is 9.21 Å². The van der Waals surface area contributed by atoms with Crippen molar-refractivity contribution in [3.8, 4) is 10.8 Å². The van der Waals surface area contributed by atoms with E-state index in [-0.39, 0.29) is 18.1 Å². The molecule has 4 aromatic rings. The van der Waals surface area contributed by atoms with Gasteiger partial charge in [-0.1, -0.05) is 6.07 Å². The summed E-state index contributed by atoms with van der Waals surface area (Å²) in [6.07, 6.45) is 0. The zero-order valence-electron chi connectivity index (χ0n) is 12.6. The number of imidazole rings is 1. The summed E-state index contributed by atoms with van der Waals surface area (Å²) in [5.41, 5.74) is 1.37. The highest BCUT2D eigenvalue weighted by atomic mass is 32.1. The van der Waals surface area contributed by atoms with Crippen LogP contribution in [0.4, 0.5) is 5.69 Å². The molecule has 0 saturated heterocycles. The third-order valence-corrected chi connectivity index (χ3v) is 4.29. The molecule has 0 bridgehead atoms. The number of benzene rings is 1. The summed E-state index contributed by atoms with van der Waals surface area (Å²) >= 11 is 1.38. The van der Waals surface area contributed by atoms with E-state index in [4.69, 9.17) is 4.42 Å². The fourth-order valence-electron chi connectivity index (χ4n) is 2.35. The molecule has 3 heterocycles. The molecule has 0 atom stereocenters. The molecule has 126 valence electrons. The third-order valence-electron chi connectivity index (χ3n) is 3.43. The predicted molar refractivity (Wildman–Crippen MR) is 91.6 cm³/mol. The van der Waals surface area contributed by atoms with Gasteiger partial charge in [-0.15, -0.1) is 16.4 Å². The number of rotatable bonds is 4. The fraction of sp³-hybridized carbons (Fsp3) is 0.0667. The molecular formula is C15H11N5O4S. The van der Waals surface area contributed by atoms with Gasteiger partial charge in [-0.2, -0.15) is 4.68 Å². The molecule has 0 saturated carbocycles. The average Bonchev–Trinajstić information content (AvgIpc) is 3.27. The maximum Gasteiger partial charge on any atom is 0.437 e. The highest BCUT2D eigenvalue weighted by Gasteiger charge is 2.14. The SMILES string of the molecule is O=C(Cn1nc(-c2cccs2)oc1=O)Nc1ccc2[nH]c(=O)[nH]c2c1. The number of H-pyrrole nitrogens is 2. The lowest BCUT2D eigenvalue weighted by Gasteiger charge is -2.04. The summed E-state index contributed by atoms with van der Waals surface area (Å²) in [5.74, 6) is -0.964. The van der Waals surface area contributed by atoms with E-state index in [1.54, 1.807) is 24.3 Å². The van der Waals surface area contributed by atoms with Gasteiger partial charge < -0.3 is 19.7 Å². The van der Waals surface area contributed by atoms with Crippen LogP contribution in [0, 0.1) is 0 Å². The van der Waals surface area contributed by atoms with E-state index in [1.165, 1.54) is 11.3 Å². The van der Waals surface area contributed by atoms with Crippen LogP contribution in [0.3, 0.4) is 0 Å². The van der Waals surface area contributed by atoms with E-state index in [2.05, 4.69) is 20.4 Å². The number of aromatic nitrogens is 4. The molecule has 0 aliphatic heterocycles. The van der Waals surface area contributed by atoms with Gasteiger partial charge in [0.2, 0.25) is 5.91 Å². The molecule has 0 fully saturated rings. The standard InChI is InChI=1S/C15H11N5O4S/c21-12(16-8-3-4-9-10(6-8)18-14(22)17-9)7-20-15(23)24-13(19-20)11-2-1-5-25-11/h1-6H,7H2,(H,16,21)(H2,17,18,22). The first kappa shape index (κ1) is 15.1. The Hall–Kier alpha value is -3.40. The van der Waals surface area contributed by atoms with E-state index in [0.717, 1.165) is 4.68 Å². The minimum absolute atomic E-state index is 0.180. The second-order valence-electron chi connectivity index (χ2n) is 5.20. The highest BCUT2D eigenvalue weighted by molar-refractivity contribution is 7.13. The topological polar surface area (TPSA) is 126 Å². The molecular weight excluding hydrogens is 346 g/mol. The summed E-state index contributed by atoms with van der Waals surface area (Å²) in [5, 5.41) is 8.51. The van der Waals surface area contributed by atoms with Crippen molar-refractivity contribution >= 4 is 34.0 Å². The molecule has 1 aromatic carbocycles. The first-order valence-corrected chi connectivity index (χ1v) is 8.10. The number of carbonyl (C=O) groups is 1. The number of nitrogens with zero attached hydrogens (tertiary/aromatic N) is 2. The lowest BCUT2D eigenvalue weighted by Crippen LogP contribution is -2.25. The van der Waals surface area contributed by atoms with Crippen LogP contribution in [0.25, 0.3) is 21.8 Å². The van der Waals surface area contributed by atoms with Gasteiger partial charge in [-0.05, 0) is 29.6 Å². The van der Waals surface area contributed by atoms with Crippen molar-refractivity contribution in [2.75, 3.05) is 5.32 Å². The zero-order valence-corrected chi connectivity index (χ0v) is 13.4. The lowest BCUT2D eigenvalue weighted by atomic mass is 10.3. The van der Waals surface area contributed by atoms with E-state index in [1.807, 2.05) is 11.4 Å². The molecule has 0 aliphatic carbocycles. The average molecular weight is 357 g/mol. The van der Waals surface area contributed by atoms with Gasteiger partial charge in [-0.25, -0.2) is 9.59 Å². The molecule has 25 heavy (non-hydrogen) atoms. The Morgan fingerprint density at radius 2 is 2.08 bits per heavy atom. The number of carbonyl (C=O) groups excluding carboxylic acids is 1. The van der Waals surface area contributed by atoms with Crippen LogP contribution in [0.2, 0.25) is 0 Å². The number of anilines is 1. The summed E-state index contributed by atoms with van der Waals surface area (Å²) < 4.78 is 6.01. The molecule has 0 unspecified atom stereocenters. The molecule has 4 rings (SSSR count). The number of fused-ring (bicyclic) bond motifs is 1. The van der Waals surface area contributed by atoms with Crippen molar-refractivity contribution in [1.82, 2.24) is 19.7 Å². The van der Waals surface area contributed by atoms with E-state index >= 15 is 0 Å². The Kier molecular flexibility index (Phi) is 3.58. The molecule has 9 nitrogen and oxygen atoms in total. The maximum absolute atomic E-state index is 12.1. The number of aromatic amines is 2. The Morgan fingerprint density at radius 3 is 2.88 bits per heavy atom. The Labute approximate surface area is 142 Å². The minimum Gasteiger partial charge on any atom is -0.387 e. The number of hydrogen-bond acceptors (Lipinski definition) is 6. The second-order valence-corrected chi connectivity index (χ2v) is 6.14. The van der Waals surface area contributed by atoms with Crippen molar-refractivity contribution in [1.29, 1.82) is 0 Å². The highest BCUT2D eigenvalue weighted by Crippen LogP contribution is 2.21. The largest absolute Gasteiger partial charge is 0.437 e. The first-order valence-electron chi connectivity index (χ1n) is 7.22. The Morgan fingerprint density at radius 1 is 1.24 bits per heavy atom. The minimum atomic E-state index is -0.705. The summed E-state index contributed by atoms with van der Waals surface area (Å²) in [6, 6.07) is 8.51. The number of amides is 1. The predicted octanol–water partition coefficient (Wildman–Crippen LogP) is 1.37. The van der Waals surface area contributed by atoms with E-state index < -0.39 is 11.7 Å².